The molecule has 0 spiro atoms. The molecular weight excluding hydrogens is 300 g/mol. The first kappa shape index (κ1) is 14.4. The van der Waals surface area contributed by atoms with Gasteiger partial charge >= 0.3 is 0 Å². The number of benzene rings is 1. The van der Waals surface area contributed by atoms with Crippen molar-refractivity contribution in [3.63, 3.8) is 0 Å². The zero-order valence-electron chi connectivity index (χ0n) is 10.00. The predicted molar refractivity (Wildman–Crippen MR) is 79.6 cm³/mol. The third kappa shape index (κ3) is 4.61. The van der Waals surface area contributed by atoms with Crippen molar-refractivity contribution >= 4 is 38.8 Å². The van der Waals surface area contributed by atoms with Crippen molar-refractivity contribution in [3.8, 4) is 0 Å². The fraction of sp³-hybridized carbons (Fsp3) is 0.417. The molecule has 0 aromatic heterocycles. The quantitative estimate of drug-likeness (QED) is 0.792. The number of hydrogen-bond donors (Lipinski definition) is 2. The number of anilines is 1. The summed E-state index contributed by atoms with van der Waals surface area (Å²) in [5, 5.41) is 3.36. The van der Waals surface area contributed by atoms with Crippen LogP contribution in [0.4, 0.5) is 5.69 Å². The van der Waals surface area contributed by atoms with Gasteiger partial charge in [0.05, 0.1) is 6.61 Å². The standard InChI is InChI=1S/C12H17BrN2OS/c1-3-16-7-8(2)15-11-5-4-9(12(14)17)6-10(11)13/h4-6,8,15H,3,7H2,1-2H3,(H2,14,17). The maximum absolute atomic E-state index is 5.57. The highest BCUT2D eigenvalue weighted by atomic mass is 79.9. The van der Waals surface area contributed by atoms with E-state index in [4.69, 9.17) is 22.7 Å². The van der Waals surface area contributed by atoms with Crippen molar-refractivity contribution < 1.29 is 4.74 Å². The lowest BCUT2D eigenvalue weighted by atomic mass is 10.2. The SMILES string of the molecule is CCOCC(C)Nc1ccc(C(N)=S)cc1Br. The first-order chi connectivity index (χ1) is 8.04. The van der Waals surface area contributed by atoms with E-state index in [0.717, 1.165) is 22.3 Å². The van der Waals surface area contributed by atoms with Gasteiger partial charge in [0, 0.05) is 28.4 Å². The van der Waals surface area contributed by atoms with Crippen LogP contribution in [0.5, 0.6) is 0 Å². The van der Waals surface area contributed by atoms with Gasteiger partial charge in [-0.1, -0.05) is 12.2 Å². The lowest BCUT2D eigenvalue weighted by Gasteiger charge is -2.16. The summed E-state index contributed by atoms with van der Waals surface area (Å²) >= 11 is 8.42. The van der Waals surface area contributed by atoms with Gasteiger partial charge in [0.1, 0.15) is 4.99 Å². The van der Waals surface area contributed by atoms with E-state index in [1.54, 1.807) is 0 Å². The average molecular weight is 317 g/mol. The van der Waals surface area contributed by atoms with E-state index < -0.39 is 0 Å². The molecule has 5 heteroatoms. The first-order valence-corrected chi connectivity index (χ1v) is 6.68. The normalized spacial score (nSPS) is 12.2. The molecule has 0 bridgehead atoms. The Kier molecular flexibility index (Phi) is 5.88. The van der Waals surface area contributed by atoms with E-state index in [0.29, 0.717) is 11.6 Å². The molecule has 1 aromatic carbocycles. The highest BCUT2D eigenvalue weighted by molar-refractivity contribution is 9.10. The molecule has 0 saturated heterocycles. The fourth-order valence-electron chi connectivity index (χ4n) is 1.39. The molecule has 0 aliphatic heterocycles. The van der Waals surface area contributed by atoms with Crippen LogP contribution in [0.25, 0.3) is 0 Å². The van der Waals surface area contributed by atoms with E-state index in [9.17, 15) is 0 Å². The highest BCUT2D eigenvalue weighted by Crippen LogP contribution is 2.24. The van der Waals surface area contributed by atoms with E-state index in [1.165, 1.54) is 0 Å². The topological polar surface area (TPSA) is 47.3 Å². The summed E-state index contributed by atoms with van der Waals surface area (Å²) in [5.41, 5.74) is 7.44. The van der Waals surface area contributed by atoms with Gasteiger partial charge in [-0.15, -0.1) is 0 Å². The minimum Gasteiger partial charge on any atom is -0.389 e. The second kappa shape index (κ2) is 6.93. The number of thiocarbonyl (C=S) groups is 1. The summed E-state index contributed by atoms with van der Waals surface area (Å²) in [6, 6.07) is 6.03. The maximum Gasteiger partial charge on any atom is 0.104 e. The van der Waals surface area contributed by atoms with Crippen LogP contribution in [0.2, 0.25) is 0 Å². The van der Waals surface area contributed by atoms with Gasteiger partial charge < -0.3 is 15.8 Å². The second-order valence-corrected chi connectivity index (χ2v) is 5.06. The monoisotopic (exact) mass is 316 g/mol. The number of halogens is 1. The lowest BCUT2D eigenvalue weighted by molar-refractivity contribution is 0.141. The summed E-state index contributed by atoms with van der Waals surface area (Å²) < 4.78 is 6.30. The Morgan fingerprint density at radius 1 is 1.59 bits per heavy atom. The first-order valence-electron chi connectivity index (χ1n) is 5.48. The summed E-state index contributed by atoms with van der Waals surface area (Å²) in [4.78, 5) is 0.402. The number of ether oxygens (including phenoxy) is 1. The predicted octanol–water partition coefficient (Wildman–Crippen LogP) is 2.92. The van der Waals surface area contributed by atoms with Gasteiger partial charge in [-0.25, -0.2) is 0 Å². The van der Waals surface area contributed by atoms with Crippen LogP contribution in [-0.2, 0) is 4.74 Å². The van der Waals surface area contributed by atoms with Crippen molar-refractivity contribution in [2.24, 2.45) is 5.73 Å². The molecule has 1 rings (SSSR count). The molecule has 0 saturated carbocycles. The summed E-state index contributed by atoms with van der Waals surface area (Å²) in [6.45, 7) is 5.47. The van der Waals surface area contributed by atoms with Crippen molar-refractivity contribution in [1.29, 1.82) is 0 Å². The molecule has 0 aliphatic carbocycles. The molecule has 0 radical (unpaired) electrons. The number of nitrogens with one attached hydrogen (secondary N) is 1. The lowest BCUT2D eigenvalue weighted by Crippen LogP contribution is -2.22. The zero-order chi connectivity index (χ0) is 12.8. The second-order valence-electron chi connectivity index (χ2n) is 3.76. The smallest absolute Gasteiger partial charge is 0.104 e. The number of hydrogen-bond acceptors (Lipinski definition) is 3. The van der Waals surface area contributed by atoms with Gasteiger partial charge in [0.25, 0.3) is 0 Å². The Morgan fingerprint density at radius 3 is 2.82 bits per heavy atom. The Hall–Kier alpha value is -0.650. The molecule has 0 heterocycles. The van der Waals surface area contributed by atoms with Crippen LogP contribution in [-0.4, -0.2) is 24.2 Å². The maximum atomic E-state index is 5.57. The number of rotatable bonds is 6. The van der Waals surface area contributed by atoms with E-state index >= 15 is 0 Å². The van der Waals surface area contributed by atoms with Crippen molar-refractivity contribution in [1.82, 2.24) is 0 Å². The minimum atomic E-state index is 0.252. The molecule has 17 heavy (non-hydrogen) atoms. The Morgan fingerprint density at radius 2 is 2.29 bits per heavy atom. The van der Waals surface area contributed by atoms with Crippen LogP contribution in [0.15, 0.2) is 22.7 Å². The Balaban J connectivity index is 2.69. The van der Waals surface area contributed by atoms with Gasteiger partial charge in [0.15, 0.2) is 0 Å². The highest BCUT2D eigenvalue weighted by Gasteiger charge is 2.06. The summed E-state index contributed by atoms with van der Waals surface area (Å²) in [7, 11) is 0. The van der Waals surface area contributed by atoms with Crippen molar-refractivity contribution in [2.45, 2.75) is 19.9 Å². The van der Waals surface area contributed by atoms with Gasteiger partial charge in [-0.3, -0.25) is 0 Å². The molecule has 1 atom stereocenters. The largest absolute Gasteiger partial charge is 0.389 e. The van der Waals surface area contributed by atoms with E-state index in [1.807, 2.05) is 25.1 Å². The molecule has 1 aromatic rings. The Labute approximate surface area is 116 Å². The van der Waals surface area contributed by atoms with Gasteiger partial charge in [0.2, 0.25) is 0 Å². The summed E-state index contributed by atoms with van der Waals surface area (Å²) in [6.07, 6.45) is 0. The molecule has 3 nitrogen and oxygen atoms in total. The zero-order valence-corrected chi connectivity index (χ0v) is 12.4. The molecule has 0 aliphatic rings. The molecule has 0 amide bonds. The molecular formula is C12H17BrN2OS. The molecule has 94 valence electrons. The van der Waals surface area contributed by atoms with Crippen LogP contribution < -0.4 is 11.1 Å². The Bertz CT molecular complexity index is 398. The van der Waals surface area contributed by atoms with Crippen molar-refractivity contribution in [2.75, 3.05) is 18.5 Å². The average Bonchev–Trinajstić information content (AvgIpc) is 2.28. The molecule has 1 unspecified atom stereocenters. The van der Waals surface area contributed by atoms with Gasteiger partial charge in [-0.05, 0) is 48.0 Å². The third-order valence-corrected chi connectivity index (χ3v) is 3.12. The van der Waals surface area contributed by atoms with Crippen LogP contribution in [0, 0.1) is 0 Å². The fourth-order valence-corrected chi connectivity index (χ4v) is 2.01. The third-order valence-electron chi connectivity index (χ3n) is 2.23. The van der Waals surface area contributed by atoms with Crippen molar-refractivity contribution in [3.05, 3.63) is 28.2 Å². The molecule has 3 N–H and O–H groups in total. The van der Waals surface area contributed by atoms with Crippen LogP contribution in [0.3, 0.4) is 0 Å². The van der Waals surface area contributed by atoms with Crippen LogP contribution >= 0.6 is 28.1 Å². The van der Waals surface area contributed by atoms with E-state index in [-0.39, 0.29) is 6.04 Å². The van der Waals surface area contributed by atoms with E-state index in [2.05, 4.69) is 28.2 Å². The minimum absolute atomic E-state index is 0.252. The van der Waals surface area contributed by atoms with Gasteiger partial charge in [-0.2, -0.15) is 0 Å². The summed E-state index contributed by atoms with van der Waals surface area (Å²) in [5.74, 6) is 0. The number of nitrogens with two attached hydrogens (primary N) is 1. The molecule has 0 fully saturated rings. The van der Waals surface area contributed by atoms with Crippen LogP contribution in [0.1, 0.15) is 19.4 Å².